The number of thioether (sulfide) groups is 1. The topological polar surface area (TPSA) is 86.6 Å². The van der Waals surface area contributed by atoms with E-state index in [1.54, 1.807) is 30.0 Å². The summed E-state index contributed by atoms with van der Waals surface area (Å²) in [6.07, 6.45) is 1.21. The summed E-state index contributed by atoms with van der Waals surface area (Å²) in [5.74, 6) is -0.00649. The lowest BCUT2D eigenvalue weighted by Crippen LogP contribution is -2.41. The number of likely N-dealkylation sites (tertiary alicyclic amines) is 1. The summed E-state index contributed by atoms with van der Waals surface area (Å²) in [7, 11) is 0. The molecular weight excluding hydrogens is 471 g/mol. The molecule has 0 unspecified atom stereocenters. The van der Waals surface area contributed by atoms with E-state index in [9.17, 15) is 14.0 Å². The minimum Gasteiger partial charge on any atom is -0.483 e. The van der Waals surface area contributed by atoms with Crippen LogP contribution in [0.5, 0.6) is 5.75 Å². The van der Waals surface area contributed by atoms with Crippen molar-refractivity contribution in [2.75, 3.05) is 25.4 Å². The van der Waals surface area contributed by atoms with Crippen LogP contribution in [-0.2, 0) is 20.9 Å². The zero-order chi connectivity index (χ0) is 24.6. The lowest BCUT2D eigenvalue weighted by atomic mass is 9.97. The molecule has 1 aliphatic rings. The van der Waals surface area contributed by atoms with Gasteiger partial charge in [-0.15, -0.1) is 10.2 Å². The Morgan fingerprint density at radius 1 is 1.06 bits per heavy atom. The fraction of sp³-hybridized carbons (Fsp3) is 0.360. The van der Waals surface area contributed by atoms with Crippen molar-refractivity contribution in [3.63, 3.8) is 0 Å². The van der Waals surface area contributed by atoms with Crippen molar-refractivity contribution in [3.8, 4) is 11.4 Å². The number of hydrogen-bond acceptors (Lipinski definition) is 7. The minimum absolute atomic E-state index is 0.0126. The van der Waals surface area contributed by atoms with E-state index in [0.717, 1.165) is 5.69 Å². The molecule has 1 aromatic heterocycles. The summed E-state index contributed by atoms with van der Waals surface area (Å²) >= 11 is 1.28. The standard InChI is InChI=1S/C25H27FN4O4S/c1-2-33-24(32)18-12-14-29(15-13-18)23(31)17-35-25-28-27-22(30(25)19-8-4-3-5-9-19)16-34-21-11-7-6-10-20(21)26/h3-11,18H,2,12-17H2,1H3. The highest BCUT2D eigenvalue weighted by molar-refractivity contribution is 7.99. The first-order chi connectivity index (χ1) is 17.1. The third kappa shape index (κ3) is 6.19. The number of carbonyl (C=O) groups excluding carboxylic acids is 2. The first-order valence-corrected chi connectivity index (χ1v) is 12.5. The fourth-order valence-corrected chi connectivity index (χ4v) is 4.74. The average molecular weight is 499 g/mol. The van der Waals surface area contributed by atoms with Crippen molar-refractivity contribution in [2.45, 2.75) is 31.5 Å². The second-order valence-corrected chi connectivity index (χ2v) is 8.93. The van der Waals surface area contributed by atoms with Gasteiger partial charge in [-0.05, 0) is 44.0 Å². The summed E-state index contributed by atoms with van der Waals surface area (Å²) in [6.45, 7) is 3.22. The summed E-state index contributed by atoms with van der Waals surface area (Å²) in [4.78, 5) is 26.6. The molecule has 0 spiro atoms. The summed E-state index contributed by atoms with van der Waals surface area (Å²) in [5, 5.41) is 9.05. The number of rotatable bonds is 9. The van der Waals surface area contributed by atoms with Gasteiger partial charge in [-0.3, -0.25) is 14.2 Å². The van der Waals surface area contributed by atoms with Crippen LogP contribution in [0.15, 0.2) is 59.8 Å². The van der Waals surface area contributed by atoms with E-state index >= 15 is 0 Å². The number of aromatic nitrogens is 3. The molecule has 0 saturated carbocycles. The van der Waals surface area contributed by atoms with Gasteiger partial charge in [-0.1, -0.05) is 42.1 Å². The smallest absolute Gasteiger partial charge is 0.309 e. The molecule has 8 nitrogen and oxygen atoms in total. The quantitative estimate of drug-likeness (QED) is 0.327. The molecule has 3 aromatic rings. The largest absolute Gasteiger partial charge is 0.483 e. The SMILES string of the molecule is CCOC(=O)C1CCN(C(=O)CSc2nnc(COc3ccccc3F)n2-c2ccccc2)CC1. The first kappa shape index (κ1) is 24.7. The third-order valence-corrected chi connectivity index (χ3v) is 6.61. The van der Waals surface area contributed by atoms with Crippen molar-refractivity contribution in [3.05, 3.63) is 66.2 Å². The second-order valence-electron chi connectivity index (χ2n) is 7.98. The number of carbonyl (C=O) groups is 2. The highest BCUT2D eigenvalue weighted by atomic mass is 32.2. The van der Waals surface area contributed by atoms with Gasteiger partial charge in [0.05, 0.1) is 18.3 Å². The number of para-hydroxylation sites is 2. The Balaban J connectivity index is 1.42. The predicted molar refractivity (Wildman–Crippen MR) is 129 cm³/mol. The molecule has 0 N–H and O–H groups in total. The first-order valence-electron chi connectivity index (χ1n) is 11.5. The van der Waals surface area contributed by atoms with Crippen LogP contribution < -0.4 is 4.74 Å². The van der Waals surface area contributed by atoms with Crippen molar-refractivity contribution in [2.24, 2.45) is 5.92 Å². The van der Waals surface area contributed by atoms with Crippen LogP contribution in [0.4, 0.5) is 4.39 Å². The molecule has 2 heterocycles. The van der Waals surface area contributed by atoms with E-state index in [1.165, 1.54) is 17.8 Å². The van der Waals surface area contributed by atoms with Gasteiger partial charge in [0.1, 0.15) is 6.61 Å². The van der Waals surface area contributed by atoms with Crippen LogP contribution in [0.3, 0.4) is 0 Å². The molecule has 10 heteroatoms. The monoisotopic (exact) mass is 498 g/mol. The molecule has 0 bridgehead atoms. The van der Waals surface area contributed by atoms with Gasteiger partial charge in [-0.25, -0.2) is 4.39 Å². The van der Waals surface area contributed by atoms with Crippen molar-refractivity contribution in [1.29, 1.82) is 0 Å². The molecule has 2 aromatic carbocycles. The second kappa shape index (κ2) is 11.8. The Hall–Kier alpha value is -3.40. The number of ether oxygens (including phenoxy) is 2. The number of halogens is 1. The number of amides is 1. The van der Waals surface area contributed by atoms with E-state index in [2.05, 4.69) is 10.2 Å². The highest BCUT2D eigenvalue weighted by Gasteiger charge is 2.28. The fourth-order valence-electron chi connectivity index (χ4n) is 3.87. The lowest BCUT2D eigenvalue weighted by molar-refractivity contribution is -0.151. The van der Waals surface area contributed by atoms with Crippen LogP contribution in [0.1, 0.15) is 25.6 Å². The molecule has 4 rings (SSSR count). The van der Waals surface area contributed by atoms with Crippen LogP contribution in [-0.4, -0.2) is 57.0 Å². The lowest BCUT2D eigenvalue weighted by Gasteiger charge is -2.30. The summed E-state index contributed by atoms with van der Waals surface area (Å²) in [5.41, 5.74) is 0.815. The van der Waals surface area contributed by atoms with E-state index < -0.39 is 5.82 Å². The third-order valence-electron chi connectivity index (χ3n) is 5.70. The number of nitrogens with zero attached hydrogens (tertiary/aromatic N) is 4. The van der Waals surface area contributed by atoms with Gasteiger partial charge in [0.15, 0.2) is 22.5 Å². The van der Waals surface area contributed by atoms with Crippen LogP contribution in [0, 0.1) is 11.7 Å². The number of piperidine rings is 1. The van der Waals surface area contributed by atoms with Crippen molar-refractivity contribution >= 4 is 23.6 Å². The van der Waals surface area contributed by atoms with Crippen LogP contribution in [0.2, 0.25) is 0 Å². The average Bonchev–Trinajstić information content (AvgIpc) is 3.30. The zero-order valence-electron chi connectivity index (χ0n) is 19.4. The maximum atomic E-state index is 14.0. The Bertz CT molecular complexity index is 1150. The zero-order valence-corrected chi connectivity index (χ0v) is 20.2. The molecule has 1 saturated heterocycles. The van der Waals surface area contributed by atoms with Gasteiger partial charge < -0.3 is 14.4 Å². The summed E-state index contributed by atoms with van der Waals surface area (Å²) in [6, 6.07) is 15.7. The highest BCUT2D eigenvalue weighted by Crippen LogP contribution is 2.25. The van der Waals surface area contributed by atoms with E-state index in [4.69, 9.17) is 9.47 Å². The number of benzene rings is 2. The Morgan fingerprint density at radius 2 is 1.77 bits per heavy atom. The summed E-state index contributed by atoms with van der Waals surface area (Å²) < 4.78 is 26.5. The van der Waals surface area contributed by atoms with Crippen LogP contribution in [0.25, 0.3) is 5.69 Å². The maximum absolute atomic E-state index is 14.0. The van der Waals surface area contributed by atoms with Crippen molar-refractivity contribution in [1.82, 2.24) is 19.7 Å². The van der Waals surface area contributed by atoms with Gasteiger partial charge in [-0.2, -0.15) is 0 Å². The van der Waals surface area contributed by atoms with Gasteiger partial charge in [0, 0.05) is 18.8 Å². The van der Waals surface area contributed by atoms with E-state index in [0.29, 0.717) is 43.5 Å². The molecule has 1 amide bonds. The van der Waals surface area contributed by atoms with Crippen LogP contribution >= 0.6 is 11.8 Å². The molecule has 184 valence electrons. The Labute approximate surface area is 207 Å². The molecule has 0 radical (unpaired) electrons. The van der Waals surface area contributed by atoms with Crippen molar-refractivity contribution < 1.29 is 23.5 Å². The molecule has 1 aliphatic heterocycles. The predicted octanol–water partition coefficient (Wildman–Crippen LogP) is 3.88. The van der Waals surface area contributed by atoms with Gasteiger partial charge in [0.2, 0.25) is 5.91 Å². The number of esters is 1. The van der Waals surface area contributed by atoms with E-state index in [-0.39, 0.29) is 35.9 Å². The molecule has 1 fully saturated rings. The molecule has 0 aliphatic carbocycles. The Morgan fingerprint density at radius 3 is 2.49 bits per heavy atom. The van der Waals surface area contributed by atoms with Gasteiger partial charge in [0.25, 0.3) is 0 Å². The normalized spacial score (nSPS) is 14.1. The molecule has 35 heavy (non-hydrogen) atoms. The Kier molecular flexibility index (Phi) is 8.36. The van der Waals surface area contributed by atoms with E-state index in [1.807, 2.05) is 34.9 Å². The number of hydrogen-bond donors (Lipinski definition) is 0. The minimum atomic E-state index is -0.454. The molecular formula is C25H27FN4O4S. The molecule has 0 atom stereocenters. The maximum Gasteiger partial charge on any atom is 0.309 e. The van der Waals surface area contributed by atoms with Gasteiger partial charge >= 0.3 is 5.97 Å².